The zero-order valence-electron chi connectivity index (χ0n) is 7.66. The average Bonchev–Trinajstić information content (AvgIpc) is 2.62. The largest absolute Gasteiger partial charge is 0.397 e. The minimum atomic E-state index is 0.309. The molecule has 76 valence electrons. The number of nitrogens with zero attached hydrogens (tertiary/aromatic N) is 1. The summed E-state index contributed by atoms with van der Waals surface area (Å²) in [5, 5.41) is 3.77. The van der Waals surface area contributed by atoms with Crippen LogP contribution in [0.25, 0.3) is 0 Å². The minimum absolute atomic E-state index is 0.309. The van der Waals surface area contributed by atoms with Gasteiger partial charge in [0, 0.05) is 6.61 Å². The predicted molar refractivity (Wildman–Crippen MR) is 56.5 cm³/mol. The molecule has 0 aromatic carbocycles. The van der Waals surface area contributed by atoms with E-state index in [0.717, 1.165) is 13.0 Å². The lowest BCUT2D eigenvalue weighted by molar-refractivity contribution is 0.195. The molecule has 1 saturated heterocycles. The number of nitrogens with two attached hydrogens (primary N) is 1. The fourth-order valence-corrected chi connectivity index (χ4v) is 1.63. The van der Waals surface area contributed by atoms with Gasteiger partial charge in [0.2, 0.25) is 0 Å². The number of anilines is 2. The van der Waals surface area contributed by atoms with Crippen LogP contribution in [-0.4, -0.2) is 24.2 Å². The van der Waals surface area contributed by atoms with Gasteiger partial charge in [0.25, 0.3) is 0 Å². The molecular formula is C9H12ClN3O. The molecule has 1 aromatic heterocycles. The number of nitrogens with one attached hydrogen (secondary N) is 1. The van der Waals surface area contributed by atoms with Gasteiger partial charge in [-0.05, 0) is 12.5 Å². The fourth-order valence-electron chi connectivity index (χ4n) is 1.40. The van der Waals surface area contributed by atoms with Crippen LogP contribution < -0.4 is 11.1 Å². The molecule has 0 amide bonds. The first kappa shape index (κ1) is 9.55. The molecule has 1 atom stereocenters. The normalized spacial score (nSPS) is 21.1. The minimum Gasteiger partial charge on any atom is -0.397 e. The van der Waals surface area contributed by atoms with Crippen molar-refractivity contribution in [3.05, 3.63) is 17.3 Å². The monoisotopic (exact) mass is 213 g/mol. The maximum atomic E-state index is 5.96. The van der Waals surface area contributed by atoms with Crippen molar-refractivity contribution >= 4 is 23.1 Å². The van der Waals surface area contributed by atoms with Crippen molar-refractivity contribution in [1.82, 2.24) is 4.98 Å². The smallest absolute Gasteiger partial charge is 0.145 e. The van der Waals surface area contributed by atoms with E-state index >= 15 is 0 Å². The second kappa shape index (κ2) is 4.02. The molecule has 1 aliphatic rings. The highest BCUT2D eigenvalue weighted by molar-refractivity contribution is 6.33. The second-order valence-electron chi connectivity index (χ2n) is 3.30. The summed E-state index contributed by atoms with van der Waals surface area (Å²) in [5.74, 6) is 0.677. The van der Waals surface area contributed by atoms with Crippen molar-refractivity contribution in [2.24, 2.45) is 0 Å². The van der Waals surface area contributed by atoms with Gasteiger partial charge in [0.05, 0.1) is 29.6 Å². The van der Waals surface area contributed by atoms with Crippen molar-refractivity contribution in [2.45, 2.75) is 12.5 Å². The Balaban J connectivity index is 2.08. The van der Waals surface area contributed by atoms with Crippen LogP contribution in [0, 0.1) is 0 Å². The van der Waals surface area contributed by atoms with E-state index in [9.17, 15) is 0 Å². The van der Waals surface area contributed by atoms with E-state index in [1.807, 2.05) is 0 Å². The summed E-state index contributed by atoms with van der Waals surface area (Å²) in [6, 6.07) is 2.00. The van der Waals surface area contributed by atoms with Gasteiger partial charge in [0.1, 0.15) is 5.82 Å². The Bertz CT molecular complexity index is 326. The van der Waals surface area contributed by atoms with Gasteiger partial charge in [-0.3, -0.25) is 0 Å². The third kappa shape index (κ3) is 2.08. The number of halogens is 1. The van der Waals surface area contributed by atoms with Gasteiger partial charge in [-0.25, -0.2) is 4.98 Å². The Morgan fingerprint density at radius 2 is 2.50 bits per heavy atom. The molecule has 5 heteroatoms. The van der Waals surface area contributed by atoms with Gasteiger partial charge in [-0.15, -0.1) is 0 Å². The van der Waals surface area contributed by atoms with Crippen LogP contribution in [0.15, 0.2) is 12.3 Å². The van der Waals surface area contributed by atoms with Crippen LogP contribution in [0.4, 0.5) is 11.5 Å². The predicted octanol–water partition coefficient (Wildman–Crippen LogP) is 1.52. The fraction of sp³-hybridized carbons (Fsp3) is 0.444. The molecular weight excluding hydrogens is 202 g/mol. The van der Waals surface area contributed by atoms with Crippen LogP contribution in [-0.2, 0) is 4.74 Å². The number of ether oxygens (including phenoxy) is 1. The van der Waals surface area contributed by atoms with E-state index in [0.29, 0.717) is 29.2 Å². The summed E-state index contributed by atoms with van der Waals surface area (Å²) in [5.41, 5.74) is 6.11. The summed E-state index contributed by atoms with van der Waals surface area (Å²) in [4.78, 5) is 4.12. The average molecular weight is 214 g/mol. The van der Waals surface area contributed by atoms with E-state index < -0.39 is 0 Å². The highest BCUT2D eigenvalue weighted by Gasteiger charge is 2.16. The molecule has 14 heavy (non-hydrogen) atoms. The topological polar surface area (TPSA) is 60.2 Å². The van der Waals surface area contributed by atoms with Crippen LogP contribution in [0.2, 0.25) is 5.02 Å². The van der Waals surface area contributed by atoms with Gasteiger partial charge < -0.3 is 15.8 Å². The molecule has 0 saturated carbocycles. The molecule has 2 rings (SSSR count). The zero-order chi connectivity index (χ0) is 9.97. The first-order chi connectivity index (χ1) is 6.75. The lowest BCUT2D eigenvalue weighted by Crippen LogP contribution is -2.19. The number of hydrogen-bond donors (Lipinski definition) is 2. The molecule has 1 aliphatic heterocycles. The Labute approximate surface area is 87.4 Å². The van der Waals surface area contributed by atoms with Crippen molar-refractivity contribution < 1.29 is 4.74 Å². The van der Waals surface area contributed by atoms with Crippen molar-refractivity contribution in [3.63, 3.8) is 0 Å². The number of nitrogen functional groups attached to an aromatic ring is 1. The van der Waals surface area contributed by atoms with Crippen LogP contribution in [0.3, 0.4) is 0 Å². The molecule has 3 N–H and O–H groups in total. The van der Waals surface area contributed by atoms with Crippen LogP contribution in [0.5, 0.6) is 0 Å². The van der Waals surface area contributed by atoms with E-state index in [2.05, 4.69) is 10.3 Å². The molecule has 2 heterocycles. The zero-order valence-corrected chi connectivity index (χ0v) is 8.42. The highest BCUT2D eigenvalue weighted by Crippen LogP contribution is 2.22. The standard InChI is InChI=1S/C9H12ClN3O/c10-8-3-6(11)4-12-9(8)13-7-1-2-14-5-7/h3-4,7H,1-2,5,11H2,(H,12,13). The molecule has 0 radical (unpaired) electrons. The van der Waals surface area contributed by atoms with E-state index in [4.69, 9.17) is 22.1 Å². The summed E-state index contributed by atoms with van der Waals surface area (Å²) in [6.07, 6.45) is 2.58. The van der Waals surface area contributed by atoms with Crippen LogP contribution in [0.1, 0.15) is 6.42 Å². The maximum Gasteiger partial charge on any atom is 0.145 e. The lowest BCUT2D eigenvalue weighted by Gasteiger charge is -2.12. The molecule has 0 bridgehead atoms. The number of pyridine rings is 1. The first-order valence-corrected chi connectivity index (χ1v) is 4.89. The Kier molecular flexibility index (Phi) is 2.74. The molecule has 0 spiro atoms. The summed E-state index contributed by atoms with van der Waals surface area (Å²) in [7, 11) is 0. The molecule has 1 aromatic rings. The number of rotatable bonds is 2. The summed E-state index contributed by atoms with van der Waals surface area (Å²) in [6.45, 7) is 1.51. The molecule has 4 nitrogen and oxygen atoms in total. The van der Waals surface area contributed by atoms with E-state index in [1.165, 1.54) is 0 Å². The van der Waals surface area contributed by atoms with Crippen molar-refractivity contribution in [3.8, 4) is 0 Å². The molecule has 1 unspecified atom stereocenters. The SMILES string of the molecule is Nc1cnc(NC2CCOC2)c(Cl)c1. The Morgan fingerprint density at radius 1 is 1.64 bits per heavy atom. The van der Waals surface area contributed by atoms with E-state index in [-0.39, 0.29) is 0 Å². The van der Waals surface area contributed by atoms with Crippen LogP contribution >= 0.6 is 11.6 Å². The van der Waals surface area contributed by atoms with Gasteiger partial charge >= 0.3 is 0 Å². The maximum absolute atomic E-state index is 5.96. The first-order valence-electron chi connectivity index (χ1n) is 4.51. The molecule has 0 aliphatic carbocycles. The Hall–Kier alpha value is -1.00. The quantitative estimate of drug-likeness (QED) is 0.782. The highest BCUT2D eigenvalue weighted by atomic mass is 35.5. The molecule has 1 fully saturated rings. The third-order valence-electron chi connectivity index (χ3n) is 2.13. The van der Waals surface area contributed by atoms with Gasteiger partial charge in [-0.2, -0.15) is 0 Å². The Morgan fingerprint density at radius 3 is 3.14 bits per heavy atom. The van der Waals surface area contributed by atoms with E-state index in [1.54, 1.807) is 12.3 Å². The van der Waals surface area contributed by atoms with Gasteiger partial charge in [-0.1, -0.05) is 11.6 Å². The van der Waals surface area contributed by atoms with Crippen molar-refractivity contribution in [1.29, 1.82) is 0 Å². The third-order valence-corrected chi connectivity index (χ3v) is 2.42. The number of hydrogen-bond acceptors (Lipinski definition) is 4. The number of aromatic nitrogens is 1. The van der Waals surface area contributed by atoms with Crippen molar-refractivity contribution in [2.75, 3.05) is 24.3 Å². The summed E-state index contributed by atoms with van der Waals surface area (Å²) >= 11 is 5.96. The second-order valence-corrected chi connectivity index (χ2v) is 3.71. The lowest BCUT2D eigenvalue weighted by atomic mass is 10.2. The summed E-state index contributed by atoms with van der Waals surface area (Å²) < 4.78 is 5.23. The van der Waals surface area contributed by atoms with Gasteiger partial charge in [0.15, 0.2) is 0 Å².